The molecule has 6 nitrogen and oxygen atoms in total. The van der Waals surface area contributed by atoms with Crippen molar-refractivity contribution in [1.82, 2.24) is 9.55 Å². The Bertz CT molecular complexity index is 1250. The highest BCUT2D eigenvalue weighted by molar-refractivity contribution is 5.84. The molecule has 6 rings (SSSR count). The highest BCUT2D eigenvalue weighted by Crippen LogP contribution is 2.42. The molecule has 3 aliphatic carbocycles. The third kappa shape index (κ3) is 4.88. The third-order valence-corrected chi connectivity index (χ3v) is 8.58. The molecule has 3 aliphatic rings. The maximum atomic E-state index is 13.4. The number of hydrogen-bond donors (Lipinski definition) is 1. The highest BCUT2D eigenvalue weighted by atomic mass is 16.6. The Labute approximate surface area is 219 Å². The van der Waals surface area contributed by atoms with Gasteiger partial charge in [0.15, 0.2) is 0 Å². The molecule has 1 unspecified atom stereocenters. The van der Waals surface area contributed by atoms with E-state index >= 15 is 0 Å². The number of carbonyl (C=O) groups is 1. The Kier molecular flexibility index (Phi) is 6.47. The van der Waals surface area contributed by atoms with Crippen LogP contribution in [0, 0.1) is 17.8 Å². The number of nitrogens with zero attached hydrogens (tertiary/aromatic N) is 3. The van der Waals surface area contributed by atoms with E-state index in [1.807, 2.05) is 24.3 Å². The van der Waals surface area contributed by atoms with Gasteiger partial charge >= 0.3 is 5.97 Å². The average Bonchev–Trinajstić information content (AvgIpc) is 3.83. The van der Waals surface area contributed by atoms with Gasteiger partial charge in [0.05, 0.1) is 11.0 Å². The second-order valence-electron chi connectivity index (χ2n) is 11.9. The topological polar surface area (TPSA) is 67.6 Å². The van der Waals surface area contributed by atoms with Crippen molar-refractivity contribution in [1.29, 1.82) is 0 Å². The summed E-state index contributed by atoms with van der Waals surface area (Å²) in [6, 6.07) is 17.5. The minimum absolute atomic E-state index is 0.167. The average molecular weight is 502 g/mol. The molecule has 37 heavy (non-hydrogen) atoms. The predicted octanol–water partition coefficient (Wildman–Crippen LogP) is 6.33. The fraction of sp³-hybridized carbons (Fsp3) is 0.548. The molecule has 4 atom stereocenters. The molecule has 1 aromatic heterocycles. The first-order chi connectivity index (χ1) is 17.9. The predicted molar refractivity (Wildman–Crippen MR) is 146 cm³/mol. The molecule has 0 aliphatic heterocycles. The van der Waals surface area contributed by atoms with Gasteiger partial charge < -0.3 is 14.7 Å². The molecule has 0 radical (unpaired) electrons. The zero-order valence-electron chi connectivity index (χ0n) is 22.2. The van der Waals surface area contributed by atoms with Crippen LogP contribution in [0.3, 0.4) is 0 Å². The molecule has 3 aromatic rings. The van der Waals surface area contributed by atoms with Crippen LogP contribution in [0.5, 0.6) is 0 Å². The zero-order chi connectivity index (χ0) is 25.7. The van der Waals surface area contributed by atoms with Crippen molar-refractivity contribution in [3.05, 3.63) is 48.5 Å². The van der Waals surface area contributed by atoms with Crippen molar-refractivity contribution in [3.63, 3.8) is 0 Å². The molecule has 0 spiro atoms. The number of aliphatic hydroxyl groups is 1. The molecule has 1 heterocycles. The summed E-state index contributed by atoms with van der Waals surface area (Å²) in [6.07, 6.45) is 6.54. The van der Waals surface area contributed by atoms with E-state index in [-0.39, 0.29) is 6.10 Å². The van der Waals surface area contributed by atoms with Crippen LogP contribution in [0.2, 0.25) is 0 Å². The van der Waals surface area contributed by atoms with E-state index in [0.717, 1.165) is 35.9 Å². The largest absolute Gasteiger partial charge is 0.459 e. The van der Waals surface area contributed by atoms with Crippen LogP contribution in [0.25, 0.3) is 22.4 Å². The van der Waals surface area contributed by atoms with Crippen LogP contribution < -0.4 is 4.90 Å². The quantitative estimate of drug-likeness (QED) is 0.365. The van der Waals surface area contributed by atoms with E-state index < -0.39 is 12.2 Å². The van der Waals surface area contributed by atoms with Crippen molar-refractivity contribution >= 4 is 22.7 Å². The van der Waals surface area contributed by atoms with E-state index in [1.165, 1.54) is 31.4 Å². The number of aliphatic hydroxyl groups excluding tert-OH is 1. The fourth-order valence-corrected chi connectivity index (χ4v) is 6.27. The standard InChI is InChI=1S/C31H39N3O3/c1-19(2)25-17-8-20(3)18-28(25)37-31(36)30(35)34-27-7-5-4-6-26(27)32-29(34)21-9-11-22(12-10-21)33(23-13-14-23)24-15-16-24/h4-7,9-12,19-20,23-25,28,30,35H,8,13-18H2,1-3H3/t20-,25?,28-,30-/m1/s1. The number of para-hydroxylation sites is 2. The van der Waals surface area contributed by atoms with Crippen LogP contribution in [0.1, 0.15) is 71.9 Å². The molecule has 196 valence electrons. The monoisotopic (exact) mass is 501 g/mol. The molecular formula is C31H39N3O3. The number of hydrogen-bond acceptors (Lipinski definition) is 5. The second kappa shape index (κ2) is 9.79. The van der Waals surface area contributed by atoms with Crippen molar-refractivity contribution in [3.8, 4) is 11.4 Å². The number of carbonyl (C=O) groups excluding carboxylic acids is 1. The maximum absolute atomic E-state index is 13.4. The summed E-state index contributed by atoms with van der Waals surface area (Å²) >= 11 is 0. The van der Waals surface area contributed by atoms with Gasteiger partial charge in [0, 0.05) is 23.3 Å². The van der Waals surface area contributed by atoms with Gasteiger partial charge in [-0.15, -0.1) is 0 Å². The molecule has 2 aromatic carbocycles. The third-order valence-electron chi connectivity index (χ3n) is 8.58. The van der Waals surface area contributed by atoms with Crippen LogP contribution in [-0.4, -0.2) is 38.8 Å². The van der Waals surface area contributed by atoms with E-state index in [2.05, 4.69) is 49.9 Å². The van der Waals surface area contributed by atoms with Crippen LogP contribution in [0.15, 0.2) is 48.5 Å². The number of ether oxygens (including phenoxy) is 1. The zero-order valence-corrected chi connectivity index (χ0v) is 22.2. The highest BCUT2D eigenvalue weighted by Gasteiger charge is 2.39. The first-order valence-electron chi connectivity index (χ1n) is 14.1. The number of benzene rings is 2. The van der Waals surface area contributed by atoms with Gasteiger partial charge in [-0.1, -0.05) is 39.3 Å². The summed E-state index contributed by atoms with van der Waals surface area (Å²) in [5.41, 5.74) is 3.60. The van der Waals surface area contributed by atoms with Crippen LogP contribution in [-0.2, 0) is 9.53 Å². The van der Waals surface area contributed by atoms with E-state index in [4.69, 9.17) is 9.72 Å². The van der Waals surface area contributed by atoms with Gasteiger partial charge in [0.25, 0.3) is 0 Å². The summed E-state index contributed by atoms with van der Waals surface area (Å²) in [6.45, 7) is 6.60. The molecule has 3 fully saturated rings. The summed E-state index contributed by atoms with van der Waals surface area (Å²) in [4.78, 5) is 20.8. The number of aromatic nitrogens is 2. The molecule has 0 bridgehead atoms. The van der Waals surface area contributed by atoms with Gasteiger partial charge in [0.1, 0.15) is 11.9 Å². The molecule has 0 amide bonds. The minimum Gasteiger partial charge on any atom is -0.459 e. The van der Waals surface area contributed by atoms with Crippen molar-refractivity contribution in [2.45, 2.75) is 90.1 Å². The number of fused-ring (bicyclic) bond motifs is 1. The summed E-state index contributed by atoms with van der Waals surface area (Å²) < 4.78 is 7.68. The Hall–Kier alpha value is -2.86. The Balaban J connectivity index is 1.30. The number of imidazole rings is 1. The first kappa shape index (κ1) is 24.5. The van der Waals surface area contributed by atoms with Gasteiger partial charge in [-0.05, 0) is 92.7 Å². The lowest BCUT2D eigenvalue weighted by atomic mass is 9.75. The Morgan fingerprint density at radius 3 is 2.32 bits per heavy atom. The lowest BCUT2D eigenvalue weighted by molar-refractivity contribution is -0.170. The Morgan fingerprint density at radius 2 is 1.68 bits per heavy atom. The van der Waals surface area contributed by atoms with E-state index in [9.17, 15) is 9.90 Å². The van der Waals surface area contributed by atoms with Crippen molar-refractivity contribution in [2.24, 2.45) is 17.8 Å². The van der Waals surface area contributed by atoms with Gasteiger partial charge in [0.2, 0.25) is 6.23 Å². The number of esters is 1. The molecule has 1 N–H and O–H groups in total. The van der Waals surface area contributed by atoms with Crippen molar-refractivity contribution in [2.75, 3.05) is 4.90 Å². The van der Waals surface area contributed by atoms with Gasteiger partial charge in [-0.25, -0.2) is 9.78 Å². The SMILES string of the molecule is CC(C)C1CC[C@@H](C)C[C@H]1OC(=O)[C@@H](O)n1c(-c2ccc(N(C3CC3)C3CC3)cc2)nc2ccccc21. The maximum Gasteiger partial charge on any atom is 0.357 e. The molecule has 6 heteroatoms. The first-order valence-corrected chi connectivity index (χ1v) is 14.1. The van der Waals surface area contributed by atoms with Crippen molar-refractivity contribution < 1.29 is 14.6 Å². The lowest BCUT2D eigenvalue weighted by Gasteiger charge is -2.37. The van der Waals surface area contributed by atoms with E-state index in [1.54, 1.807) is 4.57 Å². The summed E-state index contributed by atoms with van der Waals surface area (Å²) in [5.74, 6) is 1.24. The summed E-state index contributed by atoms with van der Waals surface area (Å²) in [7, 11) is 0. The van der Waals surface area contributed by atoms with E-state index in [0.29, 0.717) is 35.7 Å². The smallest absolute Gasteiger partial charge is 0.357 e. The lowest BCUT2D eigenvalue weighted by Crippen LogP contribution is -2.37. The summed E-state index contributed by atoms with van der Waals surface area (Å²) in [5, 5.41) is 11.4. The van der Waals surface area contributed by atoms with Crippen LogP contribution >= 0.6 is 0 Å². The fourth-order valence-electron chi connectivity index (χ4n) is 6.27. The molecule has 3 saturated carbocycles. The number of rotatable bonds is 8. The molecular weight excluding hydrogens is 462 g/mol. The van der Waals surface area contributed by atoms with Gasteiger partial charge in [-0.2, -0.15) is 0 Å². The number of anilines is 1. The minimum atomic E-state index is -1.46. The second-order valence-corrected chi connectivity index (χ2v) is 11.9. The van der Waals surface area contributed by atoms with Gasteiger partial charge in [-0.3, -0.25) is 4.57 Å². The molecule has 0 saturated heterocycles. The normalized spacial score (nSPS) is 24.8. The Morgan fingerprint density at radius 1 is 1.00 bits per heavy atom. The van der Waals surface area contributed by atoms with Crippen LogP contribution in [0.4, 0.5) is 5.69 Å².